The van der Waals surface area contributed by atoms with E-state index in [4.69, 9.17) is 16.3 Å². The van der Waals surface area contributed by atoms with Crippen molar-refractivity contribution in [3.8, 4) is 5.75 Å². The highest BCUT2D eigenvalue weighted by molar-refractivity contribution is 6.46. The summed E-state index contributed by atoms with van der Waals surface area (Å²) in [6.45, 7) is 9.04. The Balaban J connectivity index is 1.69. The van der Waals surface area contributed by atoms with Gasteiger partial charge in [-0.05, 0) is 67.0 Å². The fraction of sp³-hybridized carbons (Fsp3) is 0.290. The van der Waals surface area contributed by atoms with Crippen molar-refractivity contribution in [3.63, 3.8) is 0 Å². The number of halogens is 1. The van der Waals surface area contributed by atoms with Crippen LogP contribution in [0.5, 0.6) is 5.75 Å². The van der Waals surface area contributed by atoms with Crippen molar-refractivity contribution >= 4 is 29.1 Å². The Labute approximate surface area is 229 Å². The lowest BCUT2D eigenvalue weighted by atomic mass is 9.94. The lowest BCUT2D eigenvalue weighted by Gasteiger charge is -2.28. The molecule has 4 rings (SSSR count). The average molecular weight is 533 g/mol. The first kappa shape index (κ1) is 27.4. The summed E-state index contributed by atoms with van der Waals surface area (Å²) in [5.41, 5.74) is 3.06. The first-order valence-electron chi connectivity index (χ1n) is 12.9. The minimum atomic E-state index is -0.712. The zero-order chi connectivity index (χ0) is 27.2. The van der Waals surface area contributed by atoms with Crippen molar-refractivity contribution < 1.29 is 19.4 Å². The number of amides is 1. The second-order valence-electron chi connectivity index (χ2n) is 9.32. The van der Waals surface area contributed by atoms with E-state index >= 15 is 0 Å². The normalized spacial score (nSPS) is 16.9. The maximum atomic E-state index is 13.3. The van der Waals surface area contributed by atoms with Crippen LogP contribution in [0.25, 0.3) is 5.76 Å². The Hall–Kier alpha value is -3.61. The van der Waals surface area contributed by atoms with Gasteiger partial charge in [0.1, 0.15) is 18.1 Å². The van der Waals surface area contributed by atoms with E-state index in [0.717, 1.165) is 29.8 Å². The Kier molecular flexibility index (Phi) is 8.87. The summed E-state index contributed by atoms with van der Waals surface area (Å²) in [7, 11) is 0. The molecule has 0 aliphatic carbocycles. The zero-order valence-electron chi connectivity index (χ0n) is 22.0. The molecule has 1 amide bonds. The zero-order valence-corrected chi connectivity index (χ0v) is 22.7. The van der Waals surface area contributed by atoms with Gasteiger partial charge in [-0.15, -0.1) is 0 Å². The third kappa shape index (κ3) is 5.93. The van der Waals surface area contributed by atoms with Gasteiger partial charge in [-0.2, -0.15) is 0 Å². The van der Waals surface area contributed by atoms with E-state index in [0.29, 0.717) is 36.0 Å². The summed E-state index contributed by atoms with van der Waals surface area (Å²) in [5, 5.41) is 12.0. The molecule has 3 aromatic carbocycles. The van der Waals surface area contributed by atoms with E-state index in [-0.39, 0.29) is 11.3 Å². The van der Waals surface area contributed by atoms with Crippen LogP contribution in [0, 0.1) is 6.92 Å². The van der Waals surface area contributed by atoms with Gasteiger partial charge in [0.2, 0.25) is 0 Å². The highest BCUT2D eigenvalue weighted by Gasteiger charge is 2.46. The summed E-state index contributed by atoms with van der Waals surface area (Å²) in [4.78, 5) is 30.3. The number of hydrogen-bond acceptors (Lipinski definition) is 5. The van der Waals surface area contributed by atoms with Crippen LogP contribution in [-0.4, -0.2) is 52.8 Å². The molecule has 0 spiro atoms. The van der Waals surface area contributed by atoms with Crippen molar-refractivity contribution in [1.29, 1.82) is 0 Å². The first-order chi connectivity index (χ1) is 18.3. The van der Waals surface area contributed by atoms with Crippen molar-refractivity contribution in [2.45, 2.75) is 33.4 Å². The maximum Gasteiger partial charge on any atom is 0.295 e. The van der Waals surface area contributed by atoms with E-state index in [1.165, 1.54) is 0 Å². The van der Waals surface area contributed by atoms with Crippen LogP contribution in [0.1, 0.15) is 42.1 Å². The molecule has 0 radical (unpaired) electrons. The van der Waals surface area contributed by atoms with E-state index in [1.807, 2.05) is 43.3 Å². The number of ketones is 1. The summed E-state index contributed by atoms with van der Waals surface area (Å²) in [6, 6.07) is 21.5. The fourth-order valence-corrected chi connectivity index (χ4v) is 4.89. The molecule has 1 aliphatic rings. The summed E-state index contributed by atoms with van der Waals surface area (Å²) in [5.74, 6) is -0.845. The largest absolute Gasteiger partial charge is 0.507 e. The molecule has 1 aliphatic heterocycles. The summed E-state index contributed by atoms with van der Waals surface area (Å²) < 4.78 is 5.92. The molecule has 0 aromatic heterocycles. The first-order valence-corrected chi connectivity index (χ1v) is 13.3. The highest BCUT2D eigenvalue weighted by Crippen LogP contribution is 2.40. The number of likely N-dealkylation sites (N-methyl/N-ethyl adjacent to an activating group) is 1. The van der Waals surface area contributed by atoms with Gasteiger partial charge in [0.25, 0.3) is 11.7 Å². The molecule has 6 nitrogen and oxygen atoms in total. The fourth-order valence-electron chi connectivity index (χ4n) is 4.77. The Morgan fingerprint density at radius 3 is 2.32 bits per heavy atom. The third-order valence-corrected chi connectivity index (χ3v) is 7.23. The molecule has 0 bridgehead atoms. The van der Waals surface area contributed by atoms with Gasteiger partial charge in [-0.25, -0.2) is 0 Å². The second kappa shape index (κ2) is 12.3. The van der Waals surface area contributed by atoms with Gasteiger partial charge in [0.05, 0.1) is 11.6 Å². The van der Waals surface area contributed by atoms with Gasteiger partial charge in [-0.1, -0.05) is 67.9 Å². The maximum absolute atomic E-state index is 13.3. The predicted octanol–water partition coefficient (Wildman–Crippen LogP) is 5.99. The van der Waals surface area contributed by atoms with E-state index < -0.39 is 17.7 Å². The number of aliphatic hydroxyl groups is 1. The quantitative estimate of drug-likeness (QED) is 0.197. The van der Waals surface area contributed by atoms with Crippen molar-refractivity contribution in [3.05, 3.63) is 106 Å². The number of rotatable bonds is 10. The van der Waals surface area contributed by atoms with Gasteiger partial charge in [0, 0.05) is 23.7 Å². The molecule has 1 heterocycles. The Morgan fingerprint density at radius 2 is 1.68 bits per heavy atom. The molecule has 0 saturated carbocycles. The van der Waals surface area contributed by atoms with Crippen molar-refractivity contribution in [1.82, 2.24) is 9.80 Å². The molecule has 1 saturated heterocycles. The minimum absolute atomic E-state index is 0.0814. The number of hydrogen-bond donors (Lipinski definition) is 1. The lowest BCUT2D eigenvalue weighted by molar-refractivity contribution is -0.140. The van der Waals surface area contributed by atoms with Crippen molar-refractivity contribution in [2.24, 2.45) is 0 Å². The number of nitrogens with zero attached hydrogens (tertiary/aromatic N) is 2. The molecule has 198 valence electrons. The van der Waals surface area contributed by atoms with E-state index in [2.05, 4.69) is 18.7 Å². The van der Waals surface area contributed by atoms with Crippen LogP contribution < -0.4 is 4.74 Å². The van der Waals surface area contributed by atoms with Crippen LogP contribution in [0.2, 0.25) is 5.02 Å². The van der Waals surface area contributed by atoms with Gasteiger partial charge < -0.3 is 19.6 Å². The van der Waals surface area contributed by atoms with Gasteiger partial charge in [0.15, 0.2) is 0 Å². The minimum Gasteiger partial charge on any atom is -0.507 e. The molecule has 1 atom stereocenters. The Bertz CT molecular complexity index is 1320. The number of aryl methyl sites for hydroxylation is 1. The lowest BCUT2D eigenvalue weighted by Crippen LogP contribution is -2.38. The van der Waals surface area contributed by atoms with Crippen LogP contribution in [-0.2, 0) is 16.2 Å². The van der Waals surface area contributed by atoms with E-state index in [1.54, 1.807) is 41.3 Å². The Morgan fingerprint density at radius 1 is 1.00 bits per heavy atom. The van der Waals surface area contributed by atoms with E-state index in [9.17, 15) is 14.7 Å². The molecule has 3 aromatic rings. The summed E-state index contributed by atoms with van der Waals surface area (Å²) >= 11 is 6.12. The predicted molar refractivity (Wildman–Crippen MR) is 150 cm³/mol. The summed E-state index contributed by atoms with van der Waals surface area (Å²) in [6.07, 6.45) is 0. The molecule has 1 N–H and O–H groups in total. The number of carbonyl (C=O) groups excluding carboxylic acids is 2. The van der Waals surface area contributed by atoms with Crippen molar-refractivity contribution in [2.75, 3.05) is 26.2 Å². The van der Waals surface area contributed by atoms with Gasteiger partial charge >= 0.3 is 0 Å². The highest BCUT2D eigenvalue weighted by atomic mass is 35.5. The number of ether oxygens (including phenoxy) is 1. The molecular formula is C31H33ClN2O4. The van der Waals surface area contributed by atoms with Crippen LogP contribution >= 0.6 is 11.6 Å². The molecule has 1 fully saturated rings. The molecule has 38 heavy (non-hydrogen) atoms. The van der Waals surface area contributed by atoms with Gasteiger partial charge in [-0.3, -0.25) is 9.59 Å². The topological polar surface area (TPSA) is 70.1 Å². The number of aliphatic hydroxyl groups excluding tert-OH is 1. The van der Waals surface area contributed by atoms with Crippen LogP contribution in [0.15, 0.2) is 78.4 Å². The standard InChI is InChI=1S/C31H33ClN2O4/c1-4-33(5-2)17-18-34-28(23-11-13-24(32)14-12-23)27(30(36)31(34)37)29(35)26-16-15-25(19-21(26)3)38-20-22-9-7-6-8-10-22/h6-16,19,28,35H,4-5,17-18,20H2,1-3H3/b29-27+/t28-/m0/s1. The molecular weight excluding hydrogens is 500 g/mol. The number of Topliss-reactive ketones (excluding diaryl/α,β-unsaturated/α-hetero) is 1. The monoisotopic (exact) mass is 532 g/mol. The number of carbonyl (C=O) groups is 2. The third-order valence-electron chi connectivity index (χ3n) is 6.98. The second-order valence-corrected chi connectivity index (χ2v) is 9.76. The molecule has 0 unspecified atom stereocenters. The van der Waals surface area contributed by atoms with Crippen LogP contribution in [0.4, 0.5) is 0 Å². The number of benzene rings is 3. The SMILES string of the molecule is CCN(CC)CCN1C(=O)C(=O)/C(=C(/O)c2ccc(OCc3ccccc3)cc2C)[C@@H]1c1ccc(Cl)cc1. The molecule has 7 heteroatoms. The number of likely N-dealkylation sites (tertiary alicyclic amines) is 1. The van der Waals surface area contributed by atoms with Crippen LogP contribution in [0.3, 0.4) is 0 Å². The average Bonchev–Trinajstić information content (AvgIpc) is 3.18. The smallest absolute Gasteiger partial charge is 0.295 e.